The third-order valence-electron chi connectivity index (χ3n) is 4.82. The van der Waals surface area contributed by atoms with E-state index in [1.54, 1.807) is 13.0 Å². The fourth-order valence-electron chi connectivity index (χ4n) is 3.37. The molecule has 0 fully saturated rings. The van der Waals surface area contributed by atoms with E-state index in [-0.39, 0.29) is 11.2 Å². The van der Waals surface area contributed by atoms with Crippen LogP contribution in [-0.2, 0) is 4.79 Å². The minimum Gasteiger partial charge on any atom is -0.453 e. The van der Waals surface area contributed by atoms with Gasteiger partial charge in [-0.2, -0.15) is 0 Å². The smallest absolute Gasteiger partial charge is 0.190 e. The molecule has 27 heavy (non-hydrogen) atoms. The van der Waals surface area contributed by atoms with E-state index in [0.29, 0.717) is 35.4 Å². The zero-order valence-electron chi connectivity index (χ0n) is 15.4. The molecule has 0 saturated carbocycles. The molecule has 0 aromatic heterocycles. The van der Waals surface area contributed by atoms with Gasteiger partial charge >= 0.3 is 0 Å². The summed E-state index contributed by atoms with van der Waals surface area (Å²) in [5, 5.41) is 1.44. The van der Waals surface area contributed by atoms with Gasteiger partial charge in [0.1, 0.15) is 17.0 Å². The monoisotopic (exact) mass is 360 g/mol. The van der Waals surface area contributed by atoms with Crippen LogP contribution < -0.4 is 10.3 Å². The highest BCUT2D eigenvalue weighted by atomic mass is 16.3. The number of benzene rings is 3. The average Bonchev–Trinajstić information content (AvgIpc) is 2.67. The molecule has 0 radical (unpaired) electrons. The third kappa shape index (κ3) is 3.16. The van der Waals surface area contributed by atoms with Gasteiger partial charge in [-0.05, 0) is 26.0 Å². The predicted molar refractivity (Wildman–Crippen MR) is 108 cm³/mol. The van der Waals surface area contributed by atoms with Crippen molar-refractivity contribution >= 4 is 33.3 Å². The van der Waals surface area contributed by atoms with Crippen LogP contribution in [0.1, 0.15) is 20.3 Å². The first-order valence-corrected chi connectivity index (χ1v) is 9.07. The largest absolute Gasteiger partial charge is 0.453 e. The topological polar surface area (TPSA) is 63.4 Å². The van der Waals surface area contributed by atoms with E-state index in [1.165, 1.54) is 6.07 Å². The molecule has 5 heteroatoms. The molecule has 2 aliphatic rings. The number of carbonyl (C=O) groups is 1. The molecule has 0 atom stereocenters. The highest BCUT2D eigenvalue weighted by molar-refractivity contribution is 5.96. The number of Topliss-reactive ketones (excluding diaryl/α,β-unsaturated/α-hetero) is 1. The first kappa shape index (κ1) is 17.2. The number of ketones is 1. The Morgan fingerprint density at radius 2 is 1.89 bits per heavy atom. The van der Waals surface area contributed by atoms with Crippen molar-refractivity contribution in [2.75, 3.05) is 18.0 Å². The van der Waals surface area contributed by atoms with Crippen LogP contribution in [0.4, 0.5) is 5.69 Å². The van der Waals surface area contributed by atoms with Crippen molar-refractivity contribution in [3.63, 3.8) is 0 Å². The Morgan fingerprint density at radius 1 is 1.11 bits per heavy atom. The molecule has 2 aromatic carbocycles. The van der Waals surface area contributed by atoms with E-state index in [4.69, 9.17) is 9.40 Å². The van der Waals surface area contributed by atoms with Crippen LogP contribution in [0, 0.1) is 0 Å². The van der Waals surface area contributed by atoms with Crippen molar-refractivity contribution in [1.29, 1.82) is 0 Å². The summed E-state index contributed by atoms with van der Waals surface area (Å²) < 4.78 is 6.04. The van der Waals surface area contributed by atoms with Gasteiger partial charge in [-0.3, -0.25) is 9.59 Å². The molecule has 2 aromatic rings. The van der Waals surface area contributed by atoms with E-state index in [1.807, 2.05) is 36.4 Å². The van der Waals surface area contributed by atoms with Gasteiger partial charge in [-0.15, -0.1) is 0 Å². The molecule has 136 valence electrons. The second-order valence-corrected chi connectivity index (χ2v) is 6.66. The molecule has 0 saturated heterocycles. The normalized spacial score (nSPS) is 11.3. The second-order valence-electron chi connectivity index (χ2n) is 6.66. The zero-order chi connectivity index (χ0) is 19.0. The van der Waals surface area contributed by atoms with Crippen LogP contribution in [-0.4, -0.2) is 23.9 Å². The minimum atomic E-state index is -0.0733. The number of rotatable bonds is 5. The average molecular weight is 360 g/mol. The Balaban J connectivity index is 1.86. The number of fused-ring (bicyclic) bond motifs is 4. The summed E-state index contributed by atoms with van der Waals surface area (Å²) in [4.78, 5) is 30.5. The third-order valence-corrected chi connectivity index (χ3v) is 4.82. The van der Waals surface area contributed by atoms with Crippen molar-refractivity contribution in [2.24, 2.45) is 0 Å². The Hall–Kier alpha value is -3.21. The number of aromatic nitrogens is 1. The number of carbonyl (C=O) groups excluding carboxylic acids is 1. The van der Waals surface area contributed by atoms with E-state index in [9.17, 15) is 9.59 Å². The molecule has 0 bridgehead atoms. The molecule has 0 unspecified atom stereocenters. The molecule has 0 amide bonds. The van der Waals surface area contributed by atoms with Crippen LogP contribution in [0.5, 0.6) is 0 Å². The van der Waals surface area contributed by atoms with Gasteiger partial charge in [0.05, 0.1) is 0 Å². The molecule has 1 heterocycles. The van der Waals surface area contributed by atoms with E-state index >= 15 is 0 Å². The number of nitrogens with zero attached hydrogens (tertiary/aromatic N) is 2. The van der Waals surface area contributed by atoms with Crippen molar-refractivity contribution in [2.45, 2.75) is 20.3 Å². The molecule has 5 nitrogen and oxygen atoms in total. The Kier molecular flexibility index (Phi) is 4.36. The summed E-state index contributed by atoms with van der Waals surface area (Å²) >= 11 is 0. The minimum absolute atomic E-state index is 0.0733. The van der Waals surface area contributed by atoms with Gasteiger partial charge in [0.2, 0.25) is 0 Å². The Labute approximate surface area is 156 Å². The molecule has 0 N–H and O–H groups in total. The Morgan fingerprint density at radius 3 is 2.63 bits per heavy atom. The van der Waals surface area contributed by atoms with Crippen LogP contribution in [0.2, 0.25) is 0 Å². The molecule has 0 spiro atoms. The highest BCUT2D eigenvalue weighted by Crippen LogP contribution is 2.31. The Bertz CT molecular complexity index is 1180. The molecule has 4 rings (SSSR count). The van der Waals surface area contributed by atoms with Gasteiger partial charge in [-0.25, -0.2) is 4.98 Å². The van der Waals surface area contributed by atoms with Gasteiger partial charge in [0.15, 0.2) is 16.8 Å². The SMILES string of the molecule is CCN(CCC(C)=O)c1ccc2nc3c4ccccc4c(=O)cc-3oc2c1. The summed E-state index contributed by atoms with van der Waals surface area (Å²) in [5.74, 6) is 0.650. The van der Waals surface area contributed by atoms with Crippen LogP contribution in [0.25, 0.3) is 33.3 Å². The van der Waals surface area contributed by atoms with Crippen LogP contribution in [0.15, 0.2) is 57.7 Å². The summed E-state index contributed by atoms with van der Waals surface area (Å²) in [5.41, 5.74) is 2.94. The van der Waals surface area contributed by atoms with Crippen LogP contribution >= 0.6 is 0 Å². The fourth-order valence-corrected chi connectivity index (χ4v) is 3.37. The van der Waals surface area contributed by atoms with Gasteiger partial charge in [0, 0.05) is 48.1 Å². The molecular formula is C22H20N2O3. The number of hydrogen-bond acceptors (Lipinski definition) is 5. The maximum atomic E-state index is 12.4. The van der Waals surface area contributed by atoms with E-state index in [0.717, 1.165) is 23.1 Å². The van der Waals surface area contributed by atoms with Crippen molar-refractivity contribution in [3.05, 3.63) is 58.8 Å². The lowest BCUT2D eigenvalue weighted by Crippen LogP contribution is -2.25. The first-order chi connectivity index (χ1) is 13.1. The standard InChI is InChI=1S/C22H20N2O3/c1-3-24(11-10-14(2)25)15-8-9-18-20(12-15)27-21-13-19(26)16-6-4-5-7-17(16)22(21)23-18/h4-9,12-13H,3,10-11H2,1-2H3. The first-order valence-electron chi connectivity index (χ1n) is 9.07. The van der Waals surface area contributed by atoms with Gasteiger partial charge < -0.3 is 9.32 Å². The number of anilines is 1. The summed E-state index contributed by atoms with van der Waals surface area (Å²) in [7, 11) is 0. The lowest BCUT2D eigenvalue weighted by atomic mass is 10.0. The fraction of sp³-hybridized carbons (Fsp3) is 0.227. The van der Waals surface area contributed by atoms with Gasteiger partial charge in [-0.1, -0.05) is 24.3 Å². The van der Waals surface area contributed by atoms with Gasteiger partial charge in [0.25, 0.3) is 0 Å². The van der Waals surface area contributed by atoms with E-state index in [2.05, 4.69) is 11.8 Å². The maximum Gasteiger partial charge on any atom is 0.190 e. The molecular weight excluding hydrogens is 340 g/mol. The quantitative estimate of drug-likeness (QED) is 0.393. The summed E-state index contributed by atoms with van der Waals surface area (Å²) in [6.45, 7) is 5.10. The molecule has 1 aliphatic heterocycles. The second kappa shape index (κ2) is 6.83. The predicted octanol–water partition coefficient (Wildman–Crippen LogP) is 4.25. The zero-order valence-corrected chi connectivity index (χ0v) is 15.4. The van der Waals surface area contributed by atoms with Crippen molar-refractivity contribution in [1.82, 2.24) is 4.98 Å². The number of hydrogen-bond donors (Lipinski definition) is 0. The lowest BCUT2D eigenvalue weighted by molar-refractivity contribution is -0.116. The summed E-state index contributed by atoms with van der Waals surface area (Å²) in [6.07, 6.45) is 0.504. The summed E-state index contributed by atoms with van der Waals surface area (Å²) in [6, 6.07) is 14.8. The maximum absolute atomic E-state index is 12.4. The van der Waals surface area contributed by atoms with E-state index < -0.39 is 0 Å². The lowest BCUT2D eigenvalue weighted by Gasteiger charge is -2.22. The molecule has 1 aliphatic carbocycles. The van der Waals surface area contributed by atoms with Crippen LogP contribution in [0.3, 0.4) is 0 Å². The highest BCUT2D eigenvalue weighted by Gasteiger charge is 2.16. The van der Waals surface area contributed by atoms with Crippen molar-refractivity contribution < 1.29 is 9.21 Å². The van der Waals surface area contributed by atoms with Crippen molar-refractivity contribution in [3.8, 4) is 11.5 Å².